The molecule has 0 saturated carbocycles. The van der Waals surface area contributed by atoms with Crippen LogP contribution in [0.1, 0.15) is 24.1 Å². The lowest BCUT2D eigenvalue weighted by Gasteiger charge is -2.02. The number of rotatable bonds is 2. The molecule has 3 heteroatoms. The monoisotopic (exact) mass is 162 g/mol. The maximum absolute atomic E-state index is 8.77. The zero-order valence-corrected chi connectivity index (χ0v) is 6.86. The van der Waals surface area contributed by atoms with Gasteiger partial charge in [0.1, 0.15) is 0 Å². The Morgan fingerprint density at radius 3 is 3.08 bits per heavy atom. The number of aliphatic hydroxyl groups excluding tert-OH is 1. The van der Waals surface area contributed by atoms with E-state index >= 15 is 0 Å². The largest absolute Gasteiger partial charge is 0.390 e. The second-order valence-corrected chi connectivity index (χ2v) is 2.59. The summed E-state index contributed by atoms with van der Waals surface area (Å²) in [5, 5.41) is 17.4. The number of aromatic nitrogens is 1. The van der Waals surface area contributed by atoms with E-state index in [1.807, 2.05) is 6.92 Å². The Labute approximate surface area is 71.3 Å². The second-order valence-electron chi connectivity index (χ2n) is 2.59. The first kappa shape index (κ1) is 8.69. The van der Waals surface area contributed by atoms with Crippen LogP contribution in [0.4, 0.5) is 0 Å². The van der Waals surface area contributed by atoms with E-state index in [1.54, 1.807) is 18.3 Å². The molecule has 0 aromatic carbocycles. The Morgan fingerprint density at radius 1 is 1.75 bits per heavy atom. The van der Waals surface area contributed by atoms with Gasteiger partial charge in [-0.05, 0) is 24.6 Å². The topological polar surface area (TPSA) is 56.9 Å². The molecular weight excluding hydrogens is 152 g/mol. The first-order valence-corrected chi connectivity index (χ1v) is 3.73. The smallest absolute Gasteiger partial charge is 0.0853 e. The predicted octanol–water partition coefficient (Wildman–Crippen LogP) is 1.20. The molecule has 0 saturated heterocycles. The molecule has 1 aromatic rings. The van der Waals surface area contributed by atoms with Crippen LogP contribution in [0.2, 0.25) is 0 Å². The summed E-state index contributed by atoms with van der Waals surface area (Å²) in [5.74, 6) is -0.140. The van der Waals surface area contributed by atoms with Crippen molar-refractivity contribution < 1.29 is 5.11 Å². The van der Waals surface area contributed by atoms with Gasteiger partial charge in [0, 0.05) is 6.20 Å². The van der Waals surface area contributed by atoms with Gasteiger partial charge in [-0.25, -0.2) is 0 Å². The summed E-state index contributed by atoms with van der Waals surface area (Å²) in [7, 11) is 0. The average Bonchev–Trinajstić information content (AvgIpc) is 2.17. The number of nitrogens with zero attached hydrogens (tertiary/aromatic N) is 2. The minimum atomic E-state index is -0.140. The standard InChI is InChI=1S/C9H10N2O/c1-7(5-10)8-2-3-11-9(4-8)6-12/h2-4,7,12H,6H2,1H3. The van der Waals surface area contributed by atoms with E-state index < -0.39 is 0 Å². The lowest BCUT2D eigenvalue weighted by atomic mass is 10.0. The van der Waals surface area contributed by atoms with Gasteiger partial charge in [0.2, 0.25) is 0 Å². The molecule has 1 heterocycles. The molecule has 0 aliphatic rings. The molecule has 3 nitrogen and oxygen atoms in total. The summed E-state index contributed by atoms with van der Waals surface area (Å²) < 4.78 is 0. The van der Waals surface area contributed by atoms with Crippen molar-refractivity contribution in [2.75, 3.05) is 0 Å². The van der Waals surface area contributed by atoms with Gasteiger partial charge in [-0.2, -0.15) is 5.26 Å². The van der Waals surface area contributed by atoms with Crippen LogP contribution < -0.4 is 0 Å². The molecule has 1 unspecified atom stereocenters. The van der Waals surface area contributed by atoms with Crippen LogP contribution in [0.5, 0.6) is 0 Å². The van der Waals surface area contributed by atoms with Crippen LogP contribution in [0.3, 0.4) is 0 Å². The molecule has 0 radical (unpaired) electrons. The molecule has 62 valence electrons. The molecule has 0 fully saturated rings. The van der Waals surface area contributed by atoms with Gasteiger partial charge in [0.15, 0.2) is 0 Å². The molecule has 12 heavy (non-hydrogen) atoms. The van der Waals surface area contributed by atoms with Crippen molar-refractivity contribution in [3.05, 3.63) is 29.6 Å². The minimum absolute atomic E-state index is 0.0774. The first-order valence-electron chi connectivity index (χ1n) is 3.73. The van der Waals surface area contributed by atoms with Gasteiger partial charge in [-0.3, -0.25) is 4.98 Å². The fraction of sp³-hybridized carbons (Fsp3) is 0.333. The molecular formula is C9H10N2O. The van der Waals surface area contributed by atoms with Crippen molar-refractivity contribution in [1.29, 1.82) is 5.26 Å². The van der Waals surface area contributed by atoms with Crippen LogP contribution in [0.15, 0.2) is 18.3 Å². The molecule has 1 N–H and O–H groups in total. The zero-order chi connectivity index (χ0) is 8.97. The third-order valence-electron chi connectivity index (χ3n) is 1.70. The van der Waals surface area contributed by atoms with Gasteiger partial charge in [-0.15, -0.1) is 0 Å². The normalized spacial score (nSPS) is 12.1. The van der Waals surface area contributed by atoms with Crippen LogP contribution in [-0.4, -0.2) is 10.1 Å². The Bertz CT molecular complexity index is 304. The highest BCUT2D eigenvalue weighted by molar-refractivity contribution is 5.24. The summed E-state index contributed by atoms with van der Waals surface area (Å²) in [6, 6.07) is 5.65. The summed E-state index contributed by atoms with van der Waals surface area (Å²) in [6.07, 6.45) is 1.61. The zero-order valence-electron chi connectivity index (χ0n) is 6.86. The predicted molar refractivity (Wildman–Crippen MR) is 44.2 cm³/mol. The average molecular weight is 162 g/mol. The Balaban J connectivity index is 2.95. The van der Waals surface area contributed by atoms with Crippen LogP contribution in [0, 0.1) is 11.3 Å². The van der Waals surface area contributed by atoms with Crippen molar-refractivity contribution in [3.8, 4) is 6.07 Å². The van der Waals surface area contributed by atoms with Gasteiger partial charge in [0.25, 0.3) is 0 Å². The lowest BCUT2D eigenvalue weighted by Crippen LogP contribution is -1.94. The van der Waals surface area contributed by atoms with Crippen molar-refractivity contribution in [2.24, 2.45) is 0 Å². The third-order valence-corrected chi connectivity index (χ3v) is 1.70. The molecule has 1 atom stereocenters. The van der Waals surface area contributed by atoms with Crippen molar-refractivity contribution >= 4 is 0 Å². The minimum Gasteiger partial charge on any atom is -0.390 e. The second kappa shape index (κ2) is 3.84. The number of pyridine rings is 1. The van der Waals surface area contributed by atoms with E-state index in [4.69, 9.17) is 10.4 Å². The maximum atomic E-state index is 8.77. The Morgan fingerprint density at radius 2 is 2.50 bits per heavy atom. The highest BCUT2D eigenvalue weighted by Gasteiger charge is 2.03. The molecule has 0 amide bonds. The highest BCUT2D eigenvalue weighted by atomic mass is 16.3. The first-order chi connectivity index (χ1) is 5.77. The van der Waals surface area contributed by atoms with Gasteiger partial charge in [-0.1, -0.05) is 0 Å². The highest BCUT2D eigenvalue weighted by Crippen LogP contribution is 2.13. The van der Waals surface area contributed by atoms with E-state index in [0.717, 1.165) is 5.56 Å². The molecule has 0 aliphatic carbocycles. The molecule has 0 spiro atoms. The van der Waals surface area contributed by atoms with E-state index in [2.05, 4.69) is 11.1 Å². The fourth-order valence-electron chi connectivity index (χ4n) is 0.927. The van der Waals surface area contributed by atoms with Gasteiger partial charge in [0.05, 0.1) is 24.3 Å². The third kappa shape index (κ3) is 1.80. The van der Waals surface area contributed by atoms with Gasteiger partial charge < -0.3 is 5.11 Å². The molecule has 1 rings (SSSR count). The van der Waals surface area contributed by atoms with Crippen LogP contribution in [-0.2, 0) is 6.61 Å². The van der Waals surface area contributed by atoms with Crippen molar-refractivity contribution in [2.45, 2.75) is 19.4 Å². The van der Waals surface area contributed by atoms with E-state index in [1.165, 1.54) is 0 Å². The fourth-order valence-corrected chi connectivity index (χ4v) is 0.927. The van der Waals surface area contributed by atoms with Crippen LogP contribution in [0.25, 0.3) is 0 Å². The van der Waals surface area contributed by atoms with E-state index in [0.29, 0.717) is 5.69 Å². The maximum Gasteiger partial charge on any atom is 0.0853 e. The number of hydrogen-bond acceptors (Lipinski definition) is 3. The van der Waals surface area contributed by atoms with Crippen LogP contribution >= 0.6 is 0 Å². The summed E-state index contributed by atoms with van der Waals surface area (Å²) in [5.41, 5.74) is 1.51. The number of hydrogen-bond donors (Lipinski definition) is 1. The Hall–Kier alpha value is -1.40. The summed E-state index contributed by atoms with van der Waals surface area (Å²) in [4.78, 5) is 3.92. The van der Waals surface area contributed by atoms with E-state index in [-0.39, 0.29) is 12.5 Å². The lowest BCUT2D eigenvalue weighted by molar-refractivity contribution is 0.276. The van der Waals surface area contributed by atoms with Crippen molar-refractivity contribution in [3.63, 3.8) is 0 Å². The molecule has 0 aliphatic heterocycles. The quantitative estimate of drug-likeness (QED) is 0.710. The SMILES string of the molecule is CC(C#N)c1ccnc(CO)c1. The molecule has 0 bridgehead atoms. The van der Waals surface area contributed by atoms with Gasteiger partial charge >= 0.3 is 0 Å². The summed E-state index contributed by atoms with van der Waals surface area (Å²) in [6.45, 7) is 1.74. The van der Waals surface area contributed by atoms with E-state index in [9.17, 15) is 0 Å². The molecule has 1 aromatic heterocycles. The number of nitriles is 1. The number of aliphatic hydroxyl groups is 1. The summed E-state index contributed by atoms with van der Waals surface area (Å²) >= 11 is 0. The van der Waals surface area contributed by atoms with Crippen molar-refractivity contribution in [1.82, 2.24) is 4.98 Å². The Kier molecular flexibility index (Phi) is 2.78.